The van der Waals surface area contributed by atoms with E-state index in [1.807, 2.05) is 12.1 Å². The van der Waals surface area contributed by atoms with E-state index in [-0.39, 0.29) is 0 Å². The van der Waals surface area contributed by atoms with Crippen LogP contribution in [0.1, 0.15) is 45.6 Å². The van der Waals surface area contributed by atoms with Gasteiger partial charge in [-0.15, -0.1) is 0 Å². The molecule has 1 aromatic rings. The molecule has 1 aromatic carbocycles. The summed E-state index contributed by atoms with van der Waals surface area (Å²) in [6, 6.07) is 6.08. The van der Waals surface area contributed by atoms with Gasteiger partial charge in [-0.3, -0.25) is 0 Å². The monoisotopic (exact) mass is 297 g/mol. The zero-order valence-electron chi connectivity index (χ0n) is 13.3. The van der Waals surface area contributed by atoms with E-state index >= 15 is 0 Å². The minimum Gasteiger partial charge on any atom is -0.495 e. The van der Waals surface area contributed by atoms with Gasteiger partial charge in [-0.05, 0) is 61.9 Å². The lowest BCUT2D eigenvalue weighted by Crippen LogP contribution is -2.23. The highest BCUT2D eigenvalue weighted by Gasteiger charge is 2.17. The van der Waals surface area contributed by atoms with Crippen LogP contribution in [-0.2, 0) is 6.42 Å². The molecule has 3 heteroatoms. The summed E-state index contributed by atoms with van der Waals surface area (Å²) in [5.74, 6) is 0.749. The number of halogens is 1. The van der Waals surface area contributed by atoms with E-state index in [9.17, 15) is 0 Å². The topological polar surface area (TPSA) is 21.3 Å². The van der Waals surface area contributed by atoms with Crippen LogP contribution in [0.25, 0.3) is 0 Å². The van der Waals surface area contributed by atoms with Gasteiger partial charge in [0.2, 0.25) is 0 Å². The Kier molecular flexibility index (Phi) is 7.39. The number of benzene rings is 1. The minimum atomic E-state index is 0.354. The molecule has 0 aliphatic heterocycles. The van der Waals surface area contributed by atoms with Crippen LogP contribution in [0.4, 0.5) is 0 Å². The fourth-order valence-electron chi connectivity index (χ4n) is 2.20. The molecule has 0 bridgehead atoms. The maximum Gasteiger partial charge on any atom is 0.137 e. The van der Waals surface area contributed by atoms with E-state index in [0.717, 1.165) is 25.3 Å². The predicted molar refractivity (Wildman–Crippen MR) is 87.9 cm³/mol. The van der Waals surface area contributed by atoms with Gasteiger partial charge in [-0.25, -0.2) is 0 Å². The van der Waals surface area contributed by atoms with Crippen molar-refractivity contribution < 1.29 is 4.74 Å². The van der Waals surface area contributed by atoms with Crippen LogP contribution in [0.5, 0.6) is 5.75 Å². The molecule has 0 aliphatic carbocycles. The van der Waals surface area contributed by atoms with E-state index in [4.69, 9.17) is 16.3 Å². The molecule has 0 heterocycles. The molecule has 0 fully saturated rings. The van der Waals surface area contributed by atoms with Gasteiger partial charge >= 0.3 is 0 Å². The highest BCUT2D eigenvalue weighted by atomic mass is 35.5. The Bertz CT molecular complexity index is 404. The van der Waals surface area contributed by atoms with Crippen LogP contribution in [0.2, 0.25) is 5.02 Å². The molecule has 0 aromatic heterocycles. The second-order valence-corrected chi connectivity index (χ2v) is 6.54. The molecule has 2 nitrogen and oxygen atoms in total. The highest BCUT2D eigenvalue weighted by Crippen LogP contribution is 2.29. The molecular weight excluding hydrogens is 270 g/mol. The van der Waals surface area contributed by atoms with E-state index < -0.39 is 0 Å². The molecule has 0 amide bonds. The van der Waals surface area contributed by atoms with Crippen molar-refractivity contribution in [1.82, 2.24) is 5.32 Å². The predicted octanol–water partition coefficient (Wildman–Crippen LogP) is 4.70. The van der Waals surface area contributed by atoms with Gasteiger partial charge in [0, 0.05) is 0 Å². The summed E-state index contributed by atoms with van der Waals surface area (Å²) >= 11 is 6.16. The summed E-state index contributed by atoms with van der Waals surface area (Å²) in [7, 11) is 1.65. The highest BCUT2D eigenvalue weighted by molar-refractivity contribution is 6.32. The van der Waals surface area contributed by atoms with Crippen molar-refractivity contribution in [2.75, 3.05) is 20.2 Å². The molecule has 1 N–H and O–H groups in total. The second-order valence-electron chi connectivity index (χ2n) is 6.13. The fraction of sp³-hybridized carbons (Fsp3) is 0.647. The van der Waals surface area contributed by atoms with Gasteiger partial charge in [0.1, 0.15) is 5.75 Å². The first-order valence-corrected chi connectivity index (χ1v) is 7.89. The van der Waals surface area contributed by atoms with Crippen LogP contribution in [0.3, 0.4) is 0 Å². The largest absolute Gasteiger partial charge is 0.495 e. The normalized spacial score (nSPS) is 11.7. The maximum absolute atomic E-state index is 6.16. The van der Waals surface area contributed by atoms with Crippen LogP contribution in [0, 0.1) is 5.41 Å². The van der Waals surface area contributed by atoms with Crippen molar-refractivity contribution in [3.63, 3.8) is 0 Å². The number of hydrogen-bond acceptors (Lipinski definition) is 2. The molecule has 0 saturated carbocycles. The van der Waals surface area contributed by atoms with E-state index in [2.05, 4.69) is 32.2 Å². The van der Waals surface area contributed by atoms with Crippen LogP contribution in [0.15, 0.2) is 18.2 Å². The average molecular weight is 298 g/mol. The number of methoxy groups -OCH3 is 1. The van der Waals surface area contributed by atoms with Gasteiger partial charge in [-0.1, -0.05) is 38.4 Å². The third-order valence-corrected chi connectivity index (χ3v) is 4.01. The smallest absolute Gasteiger partial charge is 0.137 e. The lowest BCUT2D eigenvalue weighted by molar-refractivity contribution is 0.302. The number of aryl methyl sites for hydroxylation is 1. The molecule has 0 aliphatic rings. The van der Waals surface area contributed by atoms with Gasteiger partial charge in [-0.2, -0.15) is 0 Å². The first-order chi connectivity index (χ1) is 9.48. The third-order valence-electron chi connectivity index (χ3n) is 3.71. The third kappa shape index (κ3) is 6.15. The van der Waals surface area contributed by atoms with Crippen molar-refractivity contribution in [3.05, 3.63) is 28.8 Å². The molecule has 0 atom stereocenters. The molecule has 0 radical (unpaired) electrons. The van der Waals surface area contributed by atoms with E-state index in [1.165, 1.54) is 24.8 Å². The van der Waals surface area contributed by atoms with Crippen molar-refractivity contribution >= 4 is 11.6 Å². The zero-order chi connectivity index (χ0) is 15.0. The van der Waals surface area contributed by atoms with Crippen molar-refractivity contribution in [3.8, 4) is 5.75 Å². The van der Waals surface area contributed by atoms with Crippen LogP contribution >= 0.6 is 11.6 Å². The Morgan fingerprint density at radius 2 is 1.95 bits per heavy atom. The number of ether oxygens (including phenoxy) is 1. The summed E-state index contributed by atoms with van der Waals surface area (Å²) in [4.78, 5) is 0. The van der Waals surface area contributed by atoms with Gasteiger partial charge in [0.15, 0.2) is 0 Å². The standard InChI is InChI=1S/C17H28ClNO/c1-5-11-19-12-10-17(2,3)9-8-14-6-7-16(20-4)15(18)13-14/h6-7,13,19H,5,8-12H2,1-4H3. The Balaban J connectivity index is 2.42. The molecule has 0 unspecified atom stereocenters. The summed E-state index contributed by atoms with van der Waals surface area (Å²) in [5, 5.41) is 4.18. The van der Waals surface area contributed by atoms with Gasteiger partial charge in [0.05, 0.1) is 12.1 Å². The average Bonchev–Trinajstić information content (AvgIpc) is 2.42. The van der Waals surface area contributed by atoms with Crippen molar-refractivity contribution in [2.24, 2.45) is 5.41 Å². The number of nitrogens with one attached hydrogen (secondary N) is 1. The Morgan fingerprint density at radius 3 is 2.55 bits per heavy atom. The molecule has 20 heavy (non-hydrogen) atoms. The molecular formula is C17H28ClNO. The van der Waals surface area contributed by atoms with E-state index in [1.54, 1.807) is 7.11 Å². The van der Waals surface area contributed by atoms with Crippen molar-refractivity contribution in [2.45, 2.75) is 46.5 Å². The van der Waals surface area contributed by atoms with Crippen LogP contribution < -0.4 is 10.1 Å². The van der Waals surface area contributed by atoms with Crippen LogP contribution in [-0.4, -0.2) is 20.2 Å². The van der Waals surface area contributed by atoms with E-state index in [0.29, 0.717) is 10.4 Å². The lowest BCUT2D eigenvalue weighted by Gasteiger charge is -2.25. The number of hydrogen-bond donors (Lipinski definition) is 1. The molecule has 0 saturated heterocycles. The summed E-state index contributed by atoms with van der Waals surface area (Å²) in [5.41, 5.74) is 1.64. The molecule has 0 spiro atoms. The Hall–Kier alpha value is -0.730. The second kappa shape index (κ2) is 8.53. The maximum atomic E-state index is 6.16. The SMILES string of the molecule is CCCNCCC(C)(C)CCc1ccc(OC)c(Cl)c1. The summed E-state index contributed by atoms with van der Waals surface area (Å²) in [6.07, 6.45) is 4.63. The fourth-order valence-corrected chi connectivity index (χ4v) is 2.48. The Labute approximate surface area is 128 Å². The quantitative estimate of drug-likeness (QED) is 0.667. The minimum absolute atomic E-state index is 0.354. The summed E-state index contributed by atoms with van der Waals surface area (Å²) in [6.45, 7) is 9.09. The Morgan fingerprint density at radius 1 is 1.20 bits per heavy atom. The lowest BCUT2D eigenvalue weighted by atomic mass is 9.83. The first kappa shape index (κ1) is 17.3. The van der Waals surface area contributed by atoms with Crippen molar-refractivity contribution in [1.29, 1.82) is 0 Å². The zero-order valence-corrected chi connectivity index (χ0v) is 14.0. The number of rotatable bonds is 9. The molecule has 1 rings (SSSR count). The first-order valence-electron chi connectivity index (χ1n) is 7.51. The summed E-state index contributed by atoms with van der Waals surface area (Å²) < 4.78 is 5.18. The van der Waals surface area contributed by atoms with Gasteiger partial charge < -0.3 is 10.1 Å². The molecule has 114 valence electrons. The van der Waals surface area contributed by atoms with Gasteiger partial charge in [0.25, 0.3) is 0 Å².